The Labute approximate surface area is 185 Å². The molecule has 6 nitrogen and oxygen atoms in total. The number of nitrogens with two attached hydrogens (primary N) is 1. The summed E-state index contributed by atoms with van der Waals surface area (Å²) in [7, 11) is 0. The lowest BCUT2D eigenvalue weighted by Gasteiger charge is -2.14. The van der Waals surface area contributed by atoms with E-state index in [4.69, 9.17) is 15.7 Å². The zero-order chi connectivity index (χ0) is 21.6. The van der Waals surface area contributed by atoms with Crippen LogP contribution >= 0.6 is 11.3 Å². The Morgan fingerprint density at radius 1 is 1.13 bits per heavy atom. The lowest BCUT2D eigenvalue weighted by atomic mass is 10.1. The van der Waals surface area contributed by atoms with Gasteiger partial charge < -0.3 is 16.2 Å². The van der Waals surface area contributed by atoms with Gasteiger partial charge in [0, 0.05) is 35.9 Å². The Balaban J connectivity index is 1.65. The topological polar surface area (TPSA) is 97.0 Å². The average molecular weight is 430 g/mol. The fraction of sp³-hybridized carbons (Fsp3) is 0.208. The maximum atomic E-state index is 9.54. The monoisotopic (exact) mass is 429 g/mol. The normalized spacial score (nSPS) is 12.7. The van der Waals surface area contributed by atoms with Crippen molar-refractivity contribution in [3.05, 3.63) is 71.4 Å². The van der Waals surface area contributed by atoms with Gasteiger partial charge in [-0.2, -0.15) is 0 Å². The van der Waals surface area contributed by atoms with Gasteiger partial charge in [-0.15, -0.1) is 11.3 Å². The van der Waals surface area contributed by atoms with E-state index in [1.165, 1.54) is 16.9 Å². The molecule has 1 aromatic carbocycles. The van der Waals surface area contributed by atoms with E-state index in [2.05, 4.69) is 34.3 Å². The molecule has 0 saturated heterocycles. The van der Waals surface area contributed by atoms with Crippen molar-refractivity contribution in [2.45, 2.75) is 25.5 Å². The van der Waals surface area contributed by atoms with E-state index < -0.39 is 6.10 Å². The molecule has 0 unspecified atom stereocenters. The predicted molar refractivity (Wildman–Crippen MR) is 126 cm³/mol. The third kappa shape index (κ3) is 5.25. The van der Waals surface area contributed by atoms with Gasteiger partial charge in [0.15, 0.2) is 5.82 Å². The van der Waals surface area contributed by atoms with Crippen molar-refractivity contribution < 1.29 is 5.11 Å². The van der Waals surface area contributed by atoms with Crippen LogP contribution in [-0.2, 0) is 6.42 Å². The van der Waals surface area contributed by atoms with Gasteiger partial charge in [-0.05, 0) is 31.0 Å². The molecular weight excluding hydrogens is 406 g/mol. The molecule has 7 heteroatoms. The Bertz CT molecular complexity index is 1210. The van der Waals surface area contributed by atoms with E-state index in [0.717, 1.165) is 33.6 Å². The first-order valence-electron chi connectivity index (χ1n) is 10.0. The van der Waals surface area contributed by atoms with Crippen LogP contribution in [0, 0.1) is 11.8 Å². The minimum absolute atomic E-state index is 0.0637. The van der Waals surface area contributed by atoms with Crippen LogP contribution in [0.15, 0.2) is 60.2 Å². The Morgan fingerprint density at radius 3 is 2.65 bits per heavy atom. The Kier molecular flexibility index (Phi) is 6.53. The van der Waals surface area contributed by atoms with E-state index in [0.29, 0.717) is 12.4 Å². The standard InChI is InChI=1S/C24H23N5OS/c1-16(30)7-8-19-15-31-22-21(19)28-23(18-9-11-26-12-10-18)29-24(22)27-14-20(25)13-17-5-3-2-4-6-17/h2-6,9-12,15-16,20,30H,13-14,25H2,1H3,(H,27,28,29)/t16-,20-/m0/s1. The third-order valence-corrected chi connectivity index (χ3v) is 5.62. The number of nitrogens with one attached hydrogen (secondary N) is 1. The molecule has 3 aromatic heterocycles. The number of anilines is 1. The second-order valence-corrected chi connectivity index (χ2v) is 8.11. The summed E-state index contributed by atoms with van der Waals surface area (Å²) in [5, 5.41) is 14.9. The number of thiophene rings is 1. The molecular formula is C24H23N5OS. The summed E-state index contributed by atoms with van der Waals surface area (Å²) in [5.74, 6) is 7.15. The van der Waals surface area contributed by atoms with Gasteiger partial charge in [0.1, 0.15) is 17.4 Å². The Hall–Kier alpha value is -3.31. The molecule has 0 aliphatic heterocycles. The largest absolute Gasteiger partial charge is 0.381 e. The van der Waals surface area contributed by atoms with Gasteiger partial charge in [0.05, 0.1) is 10.3 Å². The summed E-state index contributed by atoms with van der Waals surface area (Å²) in [6, 6.07) is 13.9. The van der Waals surface area contributed by atoms with Crippen LogP contribution in [0.25, 0.3) is 21.6 Å². The maximum Gasteiger partial charge on any atom is 0.162 e. The van der Waals surface area contributed by atoms with Crippen molar-refractivity contribution in [1.82, 2.24) is 15.0 Å². The van der Waals surface area contributed by atoms with Crippen molar-refractivity contribution >= 4 is 27.4 Å². The Morgan fingerprint density at radius 2 is 1.90 bits per heavy atom. The summed E-state index contributed by atoms with van der Waals surface area (Å²) in [5.41, 5.74) is 9.98. The van der Waals surface area contributed by atoms with Crippen molar-refractivity contribution in [3.8, 4) is 23.2 Å². The SMILES string of the molecule is C[C@H](O)C#Cc1csc2c(NC[C@@H](N)Cc3ccccc3)nc(-c3ccncc3)nc12. The predicted octanol–water partition coefficient (Wildman–Crippen LogP) is 3.47. The number of hydrogen-bond donors (Lipinski definition) is 3. The van der Waals surface area contributed by atoms with Gasteiger partial charge in [-0.25, -0.2) is 9.97 Å². The van der Waals surface area contributed by atoms with E-state index in [9.17, 15) is 5.11 Å². The summed E-state index contributed by atoms with van der Waals surface area (Å²) in [6.07, 6.45) is 3.50. The van der Waals surface area contributed by atoms with E-state index >= 15 is 0 Å². The van der Waals surface area contributed by atoms with Crippen LogP contribution in [0.5, 0.6) is 0 Å². The highest BCUT2D eigenvalue weighted by Gasteiger charge is 2.15. The molecule has 0 bridgehead atoms. The first kappa shape index (κ1) is 20.9. The molecule has 0 fully saturated rings. The molecule has 0 radical (unpaired) electrons. The van der Waals surface area contributed by atoms with Crippen LogP contribution in [-0.4, -0.2) is 38.7 Å². The number of nitrogens with zero attached hydrogens (tertiary/aromatic N) is 3. The van der Waals surface area contributed by atoms with Gasteiger partial charge in [0.25, 0.3) is 0 Å². The zero-order valence-electron chi connectivity index (χ0n) is 17.1. The lowest BCUT2D eigenvalue weighted by molar-refractivity contribution is 0.253. The number of aliphatic hydroxyl groups is 1. The van der Waals surface area contributed by atoms with E-state index in [1.54, 1.807) is 19.3 Å². The fourth-order valence-electron chi connectivity index (χ4n) is 3.16. The van der Waals surface area contributed by atoms with Gasteiger partial charge in [0.2, 0.25) is 0 Å². The summed E-state index contributed by atoms with van der Waals surface area (Å²) < 4.78 is 0.916. The second kappa shape index (κ2) is 9.67. The van der Waals surface area contributed by atoms with Crippen LogP contribution in [0.3, 0.4) is 0 Å². The van der Waals surface area contributed by atoms with Crippen LogP contribution < -0.4 is 11.1 Å². The zero-order valence-corrected chi connectivity index (χ0v) is 17.9. The number of hydrogen-bond acceptors (Lipinski definition) is 7. The van der Waals surface area contributed by atoms with E-state index in [1.807, 2.05) is 35.7 Å². The van der Waals surface area contributed by atoms with E-state index in [-0.39, 0.29) is 6.04 Å². The van der Waals surface area contributed by atoms with Gasteiger partial charge in [-0.1, -0.05) is 42.2 Å². The number of aromatic nitrogens is 3. The molecule has 0 aliphatic rings. The molecule has 156 valence electrons. The molecule has 0 amide bonds. The summed E-state index contributed by atoms with van der Waals surface area (Å²) in [6.45, 7) is 2.21. The summed E-state index contributed by atoms with van der Waals surface area (Å²) in [4.78, 5) is 13.6. The number of rotatable bonds is 6. The number of fused-ring (bicyclic) bond motifs is 1. The second-order valence-electron chi connectivity index (χ2n) is 7.23. The fourth-order valence-corrected chi connectivity index (χ4v) is 4.06. The number of benzene rings is 1. The molecule has 4 N–H and O–H groups in total. The van der Waals surface area contributed by atoms with Crippen LogP contribution in [0.2, 0.25) is 0 Å². The molecule has 0 spiro atoms. The lowest BCUT2D eigenvalue weighted by Crippen LogP contribution is -2.31. The molecule has 4 aromatic rings. The maximum absolute atomic E-state index is 9.54. The smallest absolute Gasteiger partial charge is 0.162 e. The highest BCUT2D eigenvalue weighted by molar-refractivity contribution is 7.18. The molecule has 3 heterocycles. The number of aliphatic hydroxyl groups excluding tert-OH is 1. The minimum atomic E-state index is -0.704. The highest BCUT2D eigenvalue weighted by Crippen LogP contribution is 2.32. The molecule has 2 atom stereocenters. The molecule has 4 rings (SSSR count). The first-order chi connectivity index (χ1) is 15.1. The first-order valence-corrected chi connectivity index (χ1v) is 10.9. The molecule has 0 saturated carbocycles. The van der Waals surface area contributed by atoms with Crippen molar-refractivity contribution in [3.63, 3.8) is 0 Å². The average Bonchev–Trinajstić information content (AvgIpc) is 3.20. The quantitative estimate of drug-likeness (QED) is 0.406. The molecule has 0 aliphatic carbocycles. The third-order valence-electron chi connectivity index (χ3n) is 4.64. The van der Waals surface area contributed by atoms with Gasteiger partial charge in [-0.3, -0.25) is 4.98 Å². The van der Waals surface area contributed by atoms with Gasteiger partial charge >= 0.3 is 0 Å². The summed E-state index contributed by atoms with van der Waals surface area (Å²) >= 11 is 1.53. The molecule has 31 heavy (non-hydrogen) atoms. The minimum Gasteiger partial charge on any atom is -0.381 e. The van der Waals surface area contributed by atoms with Crippen LogP contribution in [0.1, 0.15) is 18.1 Å². The van der Waals surface area contributed by atoms with Crippen molar-refractivity contribution in [2.75, 3.05) is 11.9 Å². The van der Waals surface area contributed by atoms with Crippen LogP contribution in [0.4, 0.5) is 5.82 Å². The number of pyridine rings is 1. The highest BCUT2D eigenvalue weighted by atomic mass is 32.1. The van der Waals surface area contributed by atoms with Crippen molar-refractivity contribution in [2.24, 2.45) is 5.73 Å². The van der Waals surface area contributed by atoms with Crippen molar-refractivity contribution in [1.29, 1.82) is 0 Å².